The Morgan fingerprint density at radius 2 is 1.85 bits per heavy atom. The van der Waals surface area contributed by atoms with Crippen LogP contribution >= 0.6 is 0 Å². The number of benzene rings is 2. The summed E-state index contributed by atoms with van der Waals surface area (Å²) in [6.07, 6.45) is 3.40. The number of ether oxygens (including phenoxy) is 2. The molecular formula is C24H27N5O4. The Kier molecular flexibility index (Phi) is 7.19. The van der Waals surface area contributed by atoms with Crippen LogP contribution in [0.1, 0.15) is 28.9 Å². The van der Waals surface area contributed by atoms with Gasteiger partial charge in [-0.1, -0.05) is 35.5 Å². The van der Waals surface area contributed by atoms with Crippen LogP contribution in [0.25, 0.3) is 0 Å². The van der Waals surface area contributed by atoms with Gasteiger partial charge in [-0.3, -0.25) is 9.59 Å². The van der Waals surface area contributed by atoms with E-state index in [1.165, 1.54) is 0 Å². The van der Waals surface area contributed by atoms with Crippen LogP contribution < -0.4 is 14.8 Å². The van der Waals surface area contributed by atoms with Crippen molar-refractivity contribution in [1.29, 1.82) is 0 Å². The minimum atomic E-state index is -0.280. The van der Waals surface area contributed by atoms with Crippen LogP contribution in [0.4, 0.5) is 0 Å². The second-order valence-electron chi connectivity index (χ2n) is 7.84. The maximum absolute atomic E-state index is 12.7. The first-order chi connectivity index (χ1) is 16.1. The number of aromatic nitrogens is 3. The molecule has 33 heavy (non-hydrogen) atoms. The standard InChI is InChI=1S/C24H27N5O4/c1-32-20-9-11-21(12-10-20)33-17-23(30)29-13-5-8-19(29)15-28-16-22(26-27-28)24(31)25-14-18-6-3-2-4-7-18/h2-4,6-7,9-12,16,19H,5,8,13-15,17H2,1H3,(H,25,31). The van der Waals surface area contributed by atoms with E-state index in [0.29, 0.717) is 25.4 Å². The van der Waals surface area contributed by atoms with Crippen LogP contribution in [-0.4, -0.2) is 58.0 Å². The molecule has 0 aliphatic carbocycles. The zero-order valence-corrected chi connectivity index (χ0v) is 18.5. The summed E-state index contributed by atoms with van der Waals surface area (Å²) in [5, 5.41) is 10.9. The van der Waals surface area contributed by atoms with Gasteiger partial charge in [-0.25, -0.2) is 4.68 Å². The molecule has 1 atom stereocenters. The van der Waals surface area contributed by atoms with Gasteiger partial charge in [0, 0.05) is 13.1 Å². The summed E-state index contributed by atoms with van der Waals surface area (Å²) in [6, 6.07) is 16.8. The second kappa shape index (κ2) is 10.6. The molecule has 1 fully saturated rings. The second-order valence-corrected chi connectivity index (χ2v) is 7.84. The van der Waals surface area contributed by atoms with E-state index >= 15 is 0 Å². The maximum Gasteiger partial charge on any atom is 0.273 e. The van der Waals surface area contributed by atoms with Gasteiger partial charge in [0.1, 0.15) is 11.5 Å². The van der Waals surface area contributed by atoms with Gasteiger partial charge >= 0.3 is 0 Å². The van der Waals surface area contributed by atoms with Crippen LogP contribution in [0.3, 0.4) is 0 Å². The number of amides is 2. The van der Waals surface area contributed by atoms with Crippen molar-refractivity contribution >= 4 is 11.8 Å². The summed E-state index contributed by atoms with van der Waals surface area (Å²) in [5.41, 5.74) is 1.26. The van der Waals surface area contributed by atoms with Crippen molar-refractivity contribution in [3.8, 4) is 11.5 Å². The number of rotatable bonds is 9. The van der Waals surface area contributed by atoms with Gasteiger partial charge in [-0.15, -0.1) is 5.10 Å². The first-order valence-corrected chi connectivity index (χ1v) is 10.9. The highest BCUT2D eigenvalue weighted by Gasteiger charge is 2.29. The van der Waals surface area contributed by atoms with Crippen LogP contribution in [0.2, 0.25) is 0 Å². The van der Waals surface area contributed by atoms with Gasteiger partial charge in [0.2, 0.25) is 0 Å². The first-order valence-electron chi connectivity index (χ1n) is 10.9. The number of nitrogens with one attached hydrogen (secondary N) is 1. The van der Waals surface area contributed by atoms with E-state index < -0.39 is 0 Å². The fraction of sp³-hybridized carbons (Fsp3) is 0.333. The molecular weight excluding hydrogens is 422 g/mol. The largest absolute Gasteiger partial charge is 0.497 e. The molecule has 2 amide bonds. The van der Waals surface area contributed by atoms with Crippen molar-refractivity contribution in [3.05, 3.63) is 72.1 Å². The van der Waals surface area contributed by atoms with Crippen LogP contribution in [0.15, 0.2) is 60.8 Å². The minimum absolute atomic E-state index is 0.0149. The van der Waals surface area contributed by atoms with Crippen LogP contribution in [0.5, 0.6) is 11.5 Å². The fourth-order valence-electron chi connectivity index (χ4n) is 3.83. The Morgan fingerprint density at radius 1 is 1.09 bits per heavy atom. The van der Waals surface area contributed by atoms with Crippen molar-refractivity contribution in [2.45, 2.75) is 32.0 Å². The van der Waals surface area contributed by atoms with E-state index in [4.69, 9.17) is 9.47 Å². The lowest BCUT2D eigenvalue weighted by molar-refractivity contribution is -0.134. The Balaban J connectivity index is 1.28. The number of likely N-dealkylation sites (tertiary alicyclic amines) is 1. The topological polar surface area (TPSA) is 98.6 Å². The lowest BCUT2D eigenvalue weighted by Gasteiger charge is -2.24. The maximum atomic E-state index is 12.7. The molecule has 1 aromatic heterocycles. The molecule has 0 radical (unpaired) electrons. The van der Waals surface area contributed by atoms with Gasteiger partial charge in [0.05, 0.1) is 25.9 Å². The number of hydrogen-bond donors (Lipinski definition) is 1. The Hall–Kier alpha value is -3.88. The third-order valence-electron chi connectivity index (χ3n) is 5.58. The summed E-state index contributed by atoms with van der Waals surface area (Å²) < 4.78 is 12.4. The predicted molar refractivity (Wildman–Crippen MR) is 121 cm³/mol. The average Bonchev–Trinajstić information content (AvgIpc) is 3.52. The van der Waals surface area contributed by atoms with E-state index in [-0.39, 0.29) is 30.2 Å². The third kappa shape index (κ3) is 5.88. The van der Waals surface area contributed by atoms with Crippen LogP contribution in [-0.2, 0) is 17.9 Å². The molecule has 1 aliphatic rings. The van der Waals surface area contributed by atoms with Crippen molar-refractivity contribution in [2.24, 2.45) is 0 Å². The molecule has 2 heterocycles. The van der Waals surface area contributed by atoms with Gasteiger partial charge in [0.15, 0.2) is 12.3 Å². The molecule has 3 aromatic rings. The molecule has 1 unspecified atom stereocenters. The molecule has 2 aromatic carbocycles. The predicted octanol–water partition coefficient (Wildman–Crippen LogP) is 2.29. The number of methoxy groups -OCH3 is 1. The Labute approximate surface area is 192 Å². The van der Waals surface area contributed by atoms with Gasteiger partial charge in [-0.2, -0.15) is 0 Å². The quantitative estimate of drug-likeness (QED) is 0.538. The van der Waals surface area contributed by atoms with Crippen LogP contribution in [0, 0.1) is 0 Å². The van der Waals surface area contributed by atoms with Crippen molar-refractivity contribution in [1.82, 2.24) is 25.2 Å². The summed E-state index contributed by atoms with van der Waals surface area (Å²) in [5.74, 6) is 0.989. The Morgan fingerprint density at radius 3 is 2.61 bits per heavy atom. The summed E-state index contributed by atoms with van der Waals surface area (Å²) in [4.78, 5) is 26.9. The van der Waals surface area contributed by atoms with Crippen molar-refractivity contribution in [3.63, 3.8) is 0 Å². The fourth-order valence-corrected chi connectivity index (χ4v) is 3.83. The summed E-state index contributed by atoms with van der Waals surface area (Å²) in [6.45, 7) is 1.54. The third-order valence-corrected chi connectivity index (χ3v) is 5.58. The molecule has 9 nitrogen and oxygen atoms in total. The summed E-state index contributed by atoms with van der Waals surface area (Å²) in [7, 11) is 1.60. The van der Waals surface area contributed by atoms with Gasteiger partial charge in [0.25, 0.3) is 11.8 Å². The highest BCUT2D eigenvalue weighted by molar-refractivity contribution is 5.91. The smallest absolute Gasteiger partial charge is 0.273 e. The SMILES string of the molecule is COc1ccc(OCC(=O)N2CCCC2Cn2cc(C(=O)NCc3ccccc3)nn2)cc1. The highest BCUT2D eigenvalue weighted by atomic mass is 16.5. The molecule has 4 rings (SSSR count). The van der Waals surface area contributed by atoms with E-state index in [1.807, 2.05) is 35.2 Å². The molecule has 9 heteroatoms. The van der Waals surface area contributed by atoms with E-state index in [9.17, 15) is 9.59 Å². The van der Waals surface area contributed by atoms with Crippen molar-refractivity contribution < 1.29 is 19.1 Å². The normalized spacial score (nSPS) is 15.3. The minimum Gasteiger partial charge on any atom is -0.497 e. The Bertz CT molecular complexity index is 1070. The van der Waals surface area contributed by atoms with E-state index in [0.717, 1.165) is 24.2 Å². The zero-order valence-electron chi connectivity index (χ0n) is 18.5. The average molecular weight is 450 g/mol. The monoisotopic (exact) mass is 449 g/mol. The van der Waals surface area contributed by atoms with Gasteiger partial charge in [-0.05, 0) is 42.7 Å². The highest BCUT2D eigenvalue weighted by Crippen LogP contribution is 2.21. The molecule has 1 N–H and O–H groups in total. The number of hydrogen-bond acceptors (Lipinski definition) is 6. The number of nitrogens with zero attached hydrogens (tertiary/aromatic N) is 4. The van der Waals surface area contributed by atoms with E-state index in [1.54, 1.807) is 42.3 Å². The molecule has 0 spiro atoms. The zero-order chi connectivity index (χ0) is 23.0. The molecule has 0 bridgehead atoms. The molecule has 1 saturated heterocycles. The lowest BCUT2D eigenvalue weighted by atomic mass is 10.2. The van der Waals surface area contributed by atoms with Crippen molar-refractivity contribution in [2.75, 3.05) is 20.3 Å². The van der Waals surface area contributed by atoms with Gasteiger partial charge < -0.3 is 19.7 Å². The van der Waals surface area contributed by atoms with E-state index in [2.05, 4.69) is 15.6 Å². The lowest BCUT2D eigenvalue weighted by Crippen LogP contribution is -2.40. The summed E-state index contributed by atoms with van der Waals surface area (Å²) >= 11 is 0. The first kappa shape index (κ1) is 22.3. The molecule has 1 aliphatic heterocycles. The molecule has 0 saturated carbocycles. The molecule has 172 valence electrons. The number of carbonyl (C=O) groups is 2. The number of carbonyl (C=O) groups excluding carboxylic acids is 2.